The Bertz CT molecular complexity index is 258. The molecule has 0 spiro atoms. The van der Waals surface area contributed by atoms with Crippen LogP contribution in [0.1, 0.15) is 46.5 Å². The van der Waals surface area contributed by atoms with Crippen molar-refractivity contribution in [2.75, 3.05) is 6.61 Å². The van der Waals surface area contributed by atoms with Gasteiger partial charge < -0.3 is 4.74 Å². The molecule has 0 aromatic carbocycles. The highest BCUT2D eigenvalue weighted by atomic mass is 16.5. The Kier molecular flexibility index (Phi) is 4.97. The van der Waals surface area contributed by atoms with Gasteiger partial charge in [0, 0.05) is 12.3 Å². The van der Waals surface area contributed by atoms with Crippen LogP contribution in [0.3, 0.4) is 0 Å². The molecule has 0 heterocycles. The Balaban J connectivity index is 2.58. The molecule has 1 saturated carbocycles. The van der Waals surface area contributed by atoms with Crippen LogP contribution in [0.4, 0.5) is 0 Å². The number of carbonyl (C=O) groups excluding carboxylic acids is 2. The summed E-state index contributed by atoms with van der Waals surface area (Å²) in [5, 5.41) is 0. The summed E-state index contributed by atoms with van der Waals surface area (Å²) in [4.78, 5) is 23.6. The van der Waals surface area contributed by atoms with Gasteiger partial charge in [-0.1, -0.05) is 20.3 Å². The van der Waals surface area contributed by atoms with E-state index in [2.05, 4.69) is 0 Å². The first-order chi connectivity index (χ1) is 7.56. The maximum atomic E-state index is 12.0. The molecule has 3 nitrogen and oxygen atoms in total. The van der Waals surface area contributed by atoms with Crippen molar-refractivity contribution in [1.82, 2.24) is 0 Å². The molecule has 0 aliphatic heterocycles. The monoisotopic (exact) mass is 226 g/mol. The van der Waals surface area contributed by atoms with E-state index in [0.29, 0.717) is 18.9 Å². The maximum Gasteiger partial charge on any atom is 0.309 e. The second-order valence-electron chi connectivity index (χ2n) is 4.96. The highest BCUT2D eigenvalue weighted by Gasteiger charge is 2.38. The van der Waals surface area contributed by atoms with E-state index in [0.717, 1.165) is 19.3 Å². The molecule has 0 saturated heterocycles. The minimum absolute atomic E-state index is 0.0820. The molecular formula is C13H22O3. The largest absolute Gasteiger partial charge is 0.466 e. The first-order valence-corrected chi connectivity index (χ1v) is 6.25. The lowest BCUT2D eigenvalue weighted by Gasteiger charge is -2.17. The Labute approximate surface area is 97.5 Å². The highest BCUT2D eigenvalue weighted by molar-refractivity contribution is 5.87. The smallest absolute Gasteiger partial charge is 0.309 e. The highest BCUT2D eigenvalue weighted by Crippen LogP contribution is 2.34. The van der Waals surface area contributed by atoms with E-state index in [-0.39, 0.29) is 23.6 Å². The van der Waals surface area contributed by atoms with Gasteiger partial charge in [0.15, 0.2) is 0 Å². The number of esters is 1. The average molecular weight is 226 g/mol. The Morgan fingerprint density at radius 3 is 2.44 bits per heavy atom. The fraction of sp³-hybridized carbons (Fsp3) is 0.846. The third-order valence-electron chi connectivity index (χ3n) is 3.13. The number of hydrogen-bond acceptors (Lipinski definition) is 3. The summed E-state index contributed by atoms with van der Waals surface area (Å²) in [5.41, 5.74) is 0. The van der Waals surface area contributed by atoms with Crippen molar-refractivity contribution < 1.29 is 14.3 Å². The summed E-state index contributed by atoms with van der Waals surface area (Å²) in [6, 6.07) is 0. The van der Waals surface area contributed by atoms with E-state index in [9.17, 15) is 9.59 Å². The van der Waals surface area contributed by atoms with Crippen LogP contribution in [0.15, 0.2) is 0 Å². The van der Waals surface area contributed by atoms with Gasteiger partial charge in [0.1, 0.15) is 5.78 Å². The second-order valence-corrected chi connectivity index (χ2v) is 4.96. The lowest BCUT2D eigenvalue weighted by atomic mass is 9.88. The van der Waals surface area contributed by atoms with E-state index in [1.54, 1.807) is 6.92 Å². The van der Waals surface area contributed by atoms with E-state index >= 15 is 0 Å². The van der Waals surface area contributed by atoms with Gasteiger partial charge in [-0.25, -0.2) is 0 Å². The van der Waals surface area contributed by atoms with Crippen molar-refractivity contribution >= 4 is 11.8 Å². The number of Topliss-reactive ketones (excluding diaryl/α,β-unsaturated/α-hetero) is 1. The molecule has 3 heteroatoms. The summed E-state index contributed by atoms with van der Waals surface area (Å²) < 4.78 is 5.02. The summed E-state index contributed by atoms with van der Waals surface area (Å²) in [6.07, 6.45) is 3.22. The zero-order valence-corrected chi connectivity index (χ0v) is 10.5. The topological polar surface area (TPSA) is 43.4 Å². The van der Waals surface area contributed by atoms with Crippen LogP contribution >= 0.6 is 0 Å². The minimum Gasteiger partial charge on any atom is -0.466 e. The molecule has 0 radical (unpaired) electrons. The van der Waals surface area contributed by atoms with Gasteiger partial charge in [0.2, 0.25) is 0 Å². The van der Waals surface area contributed by atoms with Crippen LogP contribution in [0, 0.1) is 17.8 Å². The van der Waals surface area contributed by atoms with Crippen molar-refractivity contribution in [3.05, 3.63) is 0 Å². The van der Waals surface area contributed by atoms with E-state index in [1.807, 2.05) is 13.8 Å². The molecule has 92 valence electrons. The van der Waals surface area contributed by atoms with Gasteiger partial charge in [-0.15, -0.1) is 0 Å². The fourth-order valence-electron chi connectivity index (χ4n) is 2.43. The van der Waals surface area contributed by atoms with Crippen molar-refractivity contribution in [1.29, 1.82) is 0 Å². The van der Waals surface area contributed by atoms with Crippen LogP contribution in [0.2, 0.25) is 0 Å². The molecule has 0 aromatic rings. The molecule has 0 amide bonds. The summed E-state index contributed by atoms with van der Waals surface area (Å²) in [6.45, 7) is 6.27. The normalized spacial score (nSPS) is 24.8. The first kappa shape index (κ1) is 13.2. The average Bonchev–Trinajstić information content (AvgIpc) is 2.65. The summed E-state index contributed by atoms with van der Waals surface area (Å²) in [5.74, 6) is 0.177. The first-order valence-electron chi connectivity index (χ1n) is 6.25. The van der Waals surface area contributed by atoms with Gasteiger partial charge in [-0.2, -0.15) is 0 Å². The van der Waals surface area contributed by atoms with Crippen molar-refractivity contribution in [2.24, 2.45) is 17.8 Å². The quantitative estimate of drug-likeness (QED) is 0.677. The van der Waals surface area contributed by atoms with Gasteiger partial charge in [0.05, 0.1) is 12.5 Å². The lowest BCUT2D eigenvalue weighted by molar-refractivity contribution is -0.151. The number of carbonyl (C=O) groups is 2. The van der Waals surface area contributed by atoms with Crippen LogP contribution in [-0.2, 0) is 14.3 Å². The predicted octanol–water partition coefficient (Wildman–Crippen LogP) is 2.58. The third-order valence-corrected chi connectivity index (χ3v) is 3.13. The Morgan fingerprint density at radius 2 is 1.88 bits per heavy atom. The molecule has 0 aromatic heterocycles. The second kappa shape index (κ2) is 6.02. The van der Waals surface area contributed by atoms with E-state index in [4.69, 9.17) is 4.74 Å². The molecule has 0 bridgehead atoms. The molecule has 2 atom stereocenters. The molecule has 1 fully saturated rings. The van der Waals surface area contributed by atoms with Crippen molar-refractivity contribution in [3.63, 3.8) is 0 Å². The third kappa shape index (κ3) is 3.32. The number of ether oxygens (including phenoxy) is 1. The molecule has 1 aliphatic carbocycles. The van der Waals surface area contributed by atoms with Crippen LogP contribution < -0.4 is 0 Å². The molecule has 16 heavy (non-hydrogen) atoms. The summed E-state index contributed by atoms with van der Waals surface area (Å²) in [7, 11) is 0. The van der Waals surface area contributed by atoms with Crippen LogP contribution in [0.25, 0.3) is 0 Å². The fourth-order valence-corrected chi connectivity index (χ4v) is 2.43. The Morgan fingerprint density at radius 1 is 1.25 bits per heavy atom. The molecule has 1 aliphatic rings. The van der Waals surface area contributed by atoms with E-state index in [1.165, 1.54) is 0 Å². The minimum atomic E-state index is -0.179. The maximum absolute atomic E-state index is 12.0. The lowest BCUT2D eigenvalue weighted by Crippen LogP contribution is -2.27. The molecule has 1 rings (SSSR count). The standard InChI is InChI=1S/C13H22O3/c1-4-16-13(15)11-7-5-6-10(11)12(14)8-9(2)3/h9-11H,4-8H2,1-3H3. The number of rotatable bonds is 5. The van der Waals surface area contributed by atoms with Gasteiger partial charge in [-0.05, 0) is 25.7 Å². The van der Waals surface area contributed by atoms with Crippen molar-refractivity contribution in [3.8, 4) is 0 Å². The van der Waals surface area contributed by atoms with E-state index < -0.39 is 0 Å². The molecule has 2 unspecified atom stereocenters. The number of hydrogen-bond donors (Lipinski definition) is 0. The van der Waals surface area contributed by atoms with Crippen LogP contribution in [-0.4, -0.2) is 18.4 Å². The molecule has 0 N–H and O–H groups in total. The van der Waals surface area contributed by atoms with Crippen molar-refractivity contribution in [2.45, 2.75) is 46.5 Å². The van der Waals surface area contributed by atoms with Crippen LogP contribution in [0.5, 0.6) is 0 Å². The number of ketones is 1. The summed E-state index contributed by atoms with van der Waals surface area (Å²) >= 11 is 0. The van der Waals surface area contributed by atoms with Gasteiger partial charge in [0.25, 0.3) is 0 Å². The zero-order chi connectivity index (χ0) is 12.1. The SMILES string of the molecule is CCOC(=O)C1CCCC1C(=O)CC(C)C. The zero-order valence-electron chi connectivity index (χ0n) is 10.5. The predicted molar refractivity (Wildman–Crippen MR) is 61.9 cm³/mol. The van der Waals surface area contributed by atoms with Gasteiger partial charge >= 0.3 is 5.97 Å². The molecular weight excluding hydrogens is 204 g/mol. The Hall–Kier alpha value is -0.860. The van der Waals surface area contributed by atoms with Gasteiger partial charge in [-0.3, -0.25) is 9.59 Å².